The van der Waals surface area contributed by atoms with Gasteiger partial charge in [-0.2, -0.15) is 5.10 Å². The lowest BCUT2D eigenvalue weighted by Crippen LogP contribution is -2.43. The summed E-state index contributed by atoms with van der Waals surface area (Å²) in [5, 5.41) is 4.30. The van der Waals surface area contributed by atoms with Gasteiger partial charge in [-0.1, -0.05) is 19.3 Å². The Morgan fingerprint density at radius 1 is 1.40 bits per heavy atom. The average molecular weight is 276 g/mol. The van der Waals surface area contributed by atoms with Gasteiger partial charge < -0.3 is 4.74 Å². The fourth-order valence-electron chi connectivity index (χ4n) is 3.85. The Labute approximate surface area is 120 Å². The summed E-state index contributed by atoms with van der Waals surface area (Å²) >= 11 is 0. The molecule has 3 rings (SSSR count). The van der Waals surface area contributed by atoms with Crippen molar-refractivity contribution in [3.05, 3.63) is 17.5 Å². The third-order valence-corrected chi connectivity index (χ3v) is 4.88. The fourth-order valence-corrected chi connectivity index (χ4v) is 3.85. The summed E-state index contributed by atoms with van der Waals surface area (Å²) in [5.41, 5.74) is 1.65. The molecule has 1 unspecified atom stereocenters. The normalized spacial score (nSPS) is 25.8. The van der Waals surface area contributed by atoms with Gasteiger partial charge in [0.1, 0.15) is 5.69 Å². The molecule has 0 aromatic carbocycles. The van der Waals surface area contributed by atoms with E-state index in [1.165, 1.54) is 19.3 Å². The van der Waals surface area contributed by atoms with Crippen LogP contribution in [0.25, 0.3) is 0 Å². The highest BCUT2D eigenvalue weighted by atomic mass is 16.5. The van der Waals surface area contributed by atoms with Crippen LogP contribution in [0.3, 0.4) is 0 Å². The zero-order chi connectivity index (χ0) is 14.2. The third-order valence-electron chi connectivity index (χ3n) is 4.88. The molecule has 2 aliphatic rings. The zero-order valence-electron chi connectivity index (χ0n) is 12.5. The Kier molecular flexibility index (Phi) is 3.67. The maximum atomic E-state index is 12.7. The lowest BCUT2D eigenvalue weighted by atomic mass is 9.74. The summed E-state index contributed by atoms with van der Waals surface area (Å²) in [4.78, 5) is 12.7. The fraction of sp³-hybridized carbons (Fsp3) is 0.750. The molecule has 1 saturated heterocycles. The second kappa shape index (κ2) is 5.32. The minimum absolute atomic E-state index is 0.00946. The Morgan fingerprint density at radius 3 is 2.80 bits per heavy atom. The predicted octanol–water partition coefficient (Wildman–Crippen LogP) is 3.04. The molecule has 4 heteroatoms. The summed E-state index contributed by atoms with van der Waals surface area (Å²) in [6.07, 6.45) is 7.80. The molecule has 1 aliphatic heterocycles. The number of carbonyl (C=O) groups is 1. The van der Waals surface area contributed by atoms with E-state index in [0.29, 0.717) is 0 Å². The lowest BCUT2D eigenvalue weighted by molar-refractivity contribution is -0.111. The van der Waals surface area contributed by atoms with Crippen LogP contribution in [-0.4, -0.2) is 27.8 Å². The molecule has 1 aromatic rings. The highest BCUT2D eigenvalue weighted by Crippen LogP contribution is 2.41. The first kappa shape index (κ1) is 13.8. The Bertz CT molecular complexity index is 495. The average Bonchev–Trinajstić information content (AvgIpc) is 2.78. The molecule has 20 heavy (non-hydrogen) atoms. The second-order valence-corrected chi connectivity index (χ2v) is 6.44. The summed E-state index contributed by atoms with van der Waals surface area (Å²) < 4.78 is 7.81. The first-order valence-electron chi connectivity index (χ1n) is 7.78. The molecule has 2 fully saturated rings. The van der Waals surface area contributed by atoms with Crippen LogP contribution in [0.2, 0.25) is 0 Å². The first-order chi connectivity index (χ1) is 9.60. The van der Waals surface area contributed by atoms with Crippen molar-refractivity contribution in [1.82, 2.24) is 9.78 Å². The van der Waals surface area contributed by atoms with Crippen LogP contribution in [0, 0.1) is 12.8 Å². The number of aromatic nitrogens is 2. The van der Waals surface area contributed by atoms with Crippen molar-refractivity contribution >= 4 is 5.78 Å². The molecule has 0 amide bonds. The van der Waals surface area contributed by atoms with E-state index < -0.39 is 0 Å². The monoisotopic (exact) mass is 276 g/mol. The number of rotatable bonds is 2. The van der Waals surface area contributed by atoms with E-state index in [0.717, 1.165) is 43.7 Å². The molecule has 0 N–H and O–H groups in total. The van der Waals surface area contributed by atoms with Crippen molar-refractivity contribution in [3.8, 4) is 0 Å². The maximum absolute atomic E-state index is 12.7. The molecular formula is C16H24N2O2. The molecular weight excluding hydrogens is 252 g/mol. The Hall–Kier alpha value is -1.16. The predicted molar refractivity (Wildman–Crippen MR) is 76.8 cm³/mol. The number of hydrogen-bond acceptors (Lipinski definition) is 3. The smallest absolute Gasteiger partial charge is 0.184 e. The SMILES string of the molecule is Cc1cc(C(=O)C2CCOC3(CCCCC3)C2)n(C)n1. The molecule has 4 nitrogen and oxygen atoms in total. The number of ether oxygens (including phenoxy) is 1. The van der Waals surface area contributed by atoms with Gasteiger partial charge in [0.2, 0.25) is 0 Å². The first-order valence-corrected chi connectivity index (χ1v) is 7.78. The number of nitrogens with zero attached hydrogens (tertiary/aromatic N) is 2. The minimum atomic E-state index is -0.00946. The van der Waals surface area contributed by atoms with Crippen LogP contribution < -0.4 is 0 Å². The third kappa shape index (κ3) is 2.53. The van der Waals surface area contributed by atoms with E-state index in [1.54, 1.807) is 4.68 Å². The molecule has 110 valence electrons. The quantitative estimate of drug-likeness (QED) is 0.780. The standard InChI is InChI=1S/C16H24N2O2/c1-12-10-14(18(2)17-12)15(19)13-6-9-20-16(11-13)7-4-3-5-8-16/h10,13H,3-9,11H2,1-2H3. The molecule has 2 heterocycles. The van der Waals surface area contributed by atoms with Crippen molar-refractivity contribution in [2.75, 3.05) is 6.61 Å². The number of carbonyl (C=O) groups excluding carboxylic acids is 1. The number of aryl methyl sites for hydroxylation is 2. The van der Waals surface area contributed by atoms with Crippen LogP contribution in [-0.2, 0) is 11.8 Å². The van der Waals surface area contributed by atoms with Crippen molar-refractivity contribution in [3.63, 3.8) is 0 Å². The van der Waals surface area contributed by atoms with Crippen LogP contribution in [0.5, 0.6) is 0 Å². The van der Waals surface area contributed by atoms with Gasteiger partial charge in [-0.05, 0) is 38.7 Å². The van der Waals surface area contributed by atoms with Crippen molar-refractivity contribution in [1.29, 1.82) is 0 Å². The highest BCUT2D eigenvalue weighted by Gasteiger charge is 2.41. The number of Topliss-reactive ketones (excluding diaryl/α,β-unsaturated/α-hetero) is 1. The zero-order valence-corrected chi connectivity index (χ0v) is 12.5. The summed E-state index contributed by atoms with van der Waals surface area (Å²) in [7, 11) is 1.86. The van der Waals surface area contributed by atoms with Crippen LogP contribution in [0.15, 0.2) is 6.07 Å². The van der Waals surface area contributed by atoms with E-state index in [9.17, 15) is 4.79 Å². The summed E-state index contributed by atoms with van der Waals surface area (Å²) in [6.45, 7) is 2.66. The van der Waals surface area contributed by atoms with E-state index in [-0.39, 0.29) is 17.3 Å². The number of hydrogen-bond donors (Lipinski definition) is 0. The molecule has 1 aliphatic carbocycles. The minimum Gasteiger partial charge on any atom is -0.375 e. The Balaban J connectivity index is 1.76. The lowest BCUT2D eigenvalue weighted by Gasteiger charge is -2.43. The van der Waals surface area contributed by atoms with Gasteiger partial charge >= 0.3 is 0 Å². The molecule has 1 spiro atoms. The molecule has 0 bridgehead atoms. The van der Waals surface area contributed by atoms with E-state index >= 15 is 0 Å². The maximum Gasteiger partial charge on any atom is 0.184 e. The van der Waals surface area contributed by atoms with Crippen LogP contribution in [0.4, 0.5) is 0 Å². The highest BCUT2D eigenvalue weighted by molar-refractivity contribution is 5.96. The number of ketones is 1. The second-order valence-electron chi connectivity index (χ2n) is 6.44. The largest absolute Gasteiger partial charge is 0.375 e. The van der Waals surface area contributed by atoms with Gasteiger partial charge in [-0.3, -0.25) is 9.48 Å². The van der Waals surface area contributed by atoms with Gasteiger partial charge in [0, 0.05) is 19.6 Å². The Morgan fingerprint density at radius 2 is 2.15 bits per heavy atom. The van der Waals surface area contributed by atoms with Crippen molar-refractivity contribution in [2.24, 2.45) is 13.0 Å². The van der Waals surface area contributed by atoms with Gasteiger partial charge in [0.25, 0.3) is 0 Å². The van der Waals surface area contributed by atoms with Crippen LogP contribution in [0.1, 0.15) is 61.1 Å². The molecule has 0 radical (unpaired) electrons. The van der Waals surface area contributed by atoms with Gasteiger partial charge in [0.15, 0.2) is 5.78 Å². The molecule has 1 saturated carbocycles. The summed E-state index contributed by atoms with van der Waals surface area (Å²) in [5.74, 6) is 0.359. The van der Waals surface area contributed by atoms with Crippen molar-refractivity contribution in [2.45, 2.75) is 57.5 Å². The summed E-state index contributed by atoms with van der Waals surface area (Å²) in [6, 6.07) is 1.91. The molecule has 1 atom stereocenters. The van der Waals surface area contributed by atoms with Crippen molar-refractivity contribution < 1.29 is 9.53 Å². The van der Waals surface area contributed by atoms with Gasteiger partial charge in [0.05, 0.1) is 11.3 Å². The van der Waals surface area contributed by atoms with Gasteiger partial charge in [-0.15, -0.1) is 0 Å². The topological polar surface area (TPSA) is 44.1 Å². The van der Waals surface area contributed by atoms with E-state index in [4.69, 9.17) is 4.74 Å². The van der Waals surface area contributed by atoms with E-state index in [1.807, 2.05) is 20.0 Å². The van der Waals surface area contributed by atoms with Crippen LogP contribution >= 0.6 is 0 Å². The van der Waals surface area contributed by atoms with Gasteiger partial charge in [-0.25, -0.2) is 0 Å². The molecule has 1 aromatic heterocycles. The van der Waals surface area contributed by atoms with E-state index in [2.05, 4.69) is 5.10 Å².